The van der Waals surface area contributed by atoms with Gasteiger partial charge in [-0.1, -0.05) is 48.2 Å². The van der Waals surface area contributed by atoms with Crippen LogP contribution < -0.4 is 9.64 Å². The molecule has 0 radical (unpaired) electrons. The lowest BCUT2D eigenvalue weighted by molar-refractivity contribution is 0.0670. The molecule has 7 nitrogen and oxygen atoms in total. The van der Waals surface area contributed by atoms with Crippen molar-refractivity contribution in [1.82, 2.24) is 4.90 Å². The van der Waals surface area contributed by atoms with Gasteiger partial charge >= 0.3 is 11.9 Å². The van der Waals surface area contributed by atoms with Gasteiger partial charge in [-0.2, -0.15) is 0 Å². The molecular formula is C42H32N2O5. The SMILES string of the molecule is C#Cc1ccc(C(=O)Oc2ccc(-c3ccc(-c4cc(C(=O)O)ccc4N4CCN(C(=O)c5ccc(C#C)cc5)C(C)C4)cc3)cc2)cc1. The number of carbonyl (C=O) groups is 3. The van der Waals surface area contributed by atoms with Gasteiger partial charge in [0.05, 0.1) is 11.1 Å². The topological polar surface area (TPSA) is 87.2 Å². The van der Waals surface area contributed by atoms with E-state index in [2.05, 4.69) is 16.7 Å². The van der Waals surface area contributed by atoms with Crippen molar-refractivity contribution in [3.05, 3.63) is 143 Å². The number of carboxylic acid groups (broad SMARTS) is 1. The highest BCUT2D eigenvalue weighted by Crippen LogP contribution is 2.35. The Labute approximate surface area is 285 Å². The fourth-order valence-corrected chi connectivity index (χ4v) is 5.96. The molecule has 1 atom stereocenters. The van der Waals surface area contributed by atoms with Crippen molar-refractivity contribution < 1.29 is 24.2 Å². The van der Waals surface area contributed by atoms with E-state index < -0.39 is 11.9 Å². The smallest absolute Gasteiger partial charge is 0.343 e. The molecule has 0 aromatic heterocycles. The van der Waals surface area contributed by atoms with Crippen LogP contribution in [0.2, 0.25) is 0 Å². The number of benzene rings is 5. The third kappa shape index (κ3) is 7.07. The average molecular weight is 645 g/mol. The van der Waals surface area contributed by atoms with Crippen LogP contribution >= 0.6 is 0 Å². The third-order valence-electron chi connectivity index (χ3n) is 8.65. The first-order chi connectivity index (χ1) is 23.7. The van der Waals surface area contributed by atoms with Gasteiger partial charge in [-0.25, -0.2) is 9.59 Å². The molecule has 1 unspecified atom stereocenters. The van der Waals surface area contributed by atoms with Crippen molar-refractivity contribution in [2.24, 2.45) is 0 Å². The summed E-state index contributed by atoms with van der Waals surface area (Å²) < 4.78 is 5.53. The number of ether oxygens (including phenoxy) is 1. The number of rotatable bonds is 7. The maximum atomic E-state index is 13.3. The maximum absolute atomic E-state index is 13.3. The number of aromatic carboxylic acids is 1. The summed E-state index contributed by atoms with van der Waals surface area (Å²) >= 11 is 0. The Morgan fingerprint density at radius 1 is 0.694 bits per heavy atom. The molecule has 0 bridgehead atoms. The Morgan fingerprint density at radius 3 is 1.78 bits per heavy atom. The fourth-order valence-electron chi connectivity index (χ4n) is 5.96. The Bertz CT molecular complexity index is 2100. The molecule has 1 fully saturated rings. The molecule has 6 rings (SSSR count). The van der Waals surface area contributed by atoms with Crippen LogP contribution in [0.15, 0.2) is 115 Å². The second-order valence-electron chi connectivity index (χ2n) is 11.8. The van der Waals surface area contributed by atoms with Crippen LogP contribution in [-0.2, 0) is 0 Å². The second kappa shape index (κ2) is 14.0. The zero-order chi connectivity index (χ0) is 34.5. The monoisotopic (exact) mass is 644 g/mol. The number of esters is 1. The summed E-state index contributed by atoms with van der Waals surface area (Å²) in [4.78, 5) is 41.9. The highest BCUT2D eigenvalue weighted by molar-refractivity contribution is 5.95. The third-order valence-corrected chi connectivity index (χ3v) is 8.65. The summed E-state index contributed by atoms with van der Waals surface area (Å²) in [5.41, 5.74) is 7.01. The van der Waals surface area contributed by atoms with Gasteiger partial charge in [-0.3, -0.25) is 4.79 Å². The molecule has 0 saturated carbocycles. The first-order valence-electron chi connectivity index (χ1n) is 15.7. The fraction of sp³-hybridized carbons (Fsp3) is 0.119. The molecule has 5 aromatic rings. The van der Waals surface area contributed by atoms with Gasteiger partial charge < -0.3 is 19.6 Å². The first kappa shape index (κ1) is 32.4. The van der Waals surface area contributed by atoms with E-state index >= 15 is 0 Å². The minimum absolute atomic E-state index is 0.0469. The zero-order valence-corrected chi connectivity index (χ0v) is 26.8. The number of amides is 1. The number of carbonyl (C=O) groups excluding carboxylic acids is 2. The van der Waals surface area contributed by atoms with Crippen molar-refractivity contribution >= 4 is 23.5 Å². The second-order valence-corrected chi connectivity index (χ2v) is 11.8. The standard InChI is InChI=1S/C42H32N2O5/c1-4-29-6-10-34(11-7-29)40(45)44-25-24-43(27-28(44)3)39-23-20-36(41(46)47)26-38(39)33-16-14-31(15-17-33)32-18-21-37(22-19-32)49-42(48)35-12-8-30(5-2)9-13-35/h1-2,6-23,26,28H,24-25,27H2,3H3,(H,46,47). The van der Waals surface area contributed by atoms with E-state index in [0.717, 1.165) is 33.5 Å². The van der Waals surface area contributed by atoms with Crippen LogP contribution in [0.25, 0.3) is 22.3 Å². The largest absolute Gasteiger partial charge is 0.478 e. The Kier molecular flexibility index (Phi) is 9.28. The van der Waals surface area contributed by atoms with Crippen molar-refractivity contribution in [2.75, 3.05) is 24.5 Å². The summed E-state index contributed by atoms with van der Waals surface area (Å²) in [5, 5.41) is 9.79. The van der Waals surface area contributed by atoms with Gasteiger partial charge in [0.25, 0.3) is 5.91 Å². The quantitative estimate of drug-likeness (QED) is 0.114. The van der Waals surface area contributed by atoms with E-state index in [-0.39, 0.29) is 17.5 Å². The normalized spacial score (nSPS) is 14.0. The number of anilines is 1. The minimum Gasteiger partial charge on any atom is -0.478 e. The van der Waals surface area contributed by atoms with Crippen molar-refractivity contribution in [2.45, 2.75) is 13.0 Å². The molecular weight excluding hydrogens is 612 g/mol. The van der Waals surface area contributed by atoms with Crippen LogP contribution in [0.1, 0.15) is 49.1 Å². The average Bonchev–Trinajstić information content (AvgIpc) is 3.14. The van der Waals surface area contributed by atoms with Crippen molar-refractivity contribution in [3.63, 3.8) is 0 Å². The summed E-state index contributed by atoms with van der Waals surface area (Å²) in [7, 11) is 0. The highest BCUT2D eigenvalue weighted by Gasteiger charge is 2.29. The van der Waals surface area contributed by atoms with E-state index in [1.165, 1.54) is 0 Å². The molecule has 7 heteroatoms. The molecule has 1 N–H and O–H groups in total. The molecule has 1 amide bonds. The number of piperazine rings is 1. The van der Waals surface area contributed by atoms with Crippen LogP contribution in [-0.4, -0.2) is 53.5 Å². The van der Waals surface area contributed by atoms with Gasteiger partial charge in [-0.05, 0) is 102 Å². The Balaban J connectivity index is 1.18. The molecule has 5 aromatic carbocycles. The summed E-state index contributed by atoms with van der Waals surface area (Å²) in [6.07, 6.45) is 10.9. The lowest BCUT2D eigenvalue weighted by Crippen LogP contribution is -2.54. The molecule has 1 heterocycles. The van der Waals surface area contributed by atoms with Crippen LogP contribution in [0.3, 0.4) is 0 Å². The van der Waals surface area contributed by atoms with E-state index in [1.807, 2.05) is 54.3 Å². The number of terminal acetylenes is 2. The maximum Gasteiger partial charge on any atom is 0.343 e. The van der Waals surface area contributed by atoms with Crippen molar-refractivity contribution in [1.29, 1.82) is 0 Å². The lowest BCUT2D eigenvalue weighted by Gasteiger charge is -2.41. The van der Waals surface area contributed by atoms with Crippen LogP contribution in [0.4, 0.5) is 5.69 Å². The van der Waals surface area contributed by atoms with E-state index in [9.17, 15) is 19.5 Å². The van der Waals surface area contributed by atoms with Crippen LogP contribution in [0.5, 0.6) is 5.75 Å². The number of carboxylic acids is 1. The van der Waals surface area contributed by atoms with Gasteiger partial charge in [0.1, 0.15) is 5.75 Å². The molecule has 0 spiro atoms. The Hall–Kier alpha value is -6.57. The van der Waals surface area contributed by atoms with Crippen molar-refractivity contribution in [3.8, 4) is 52.7 Å². The zero-order valence-electron chi connectivity index (χ0n) is 26.8. The first-order valence-corrected chi connectivity index (χ1v) is 15.7. The molecule has 1 saturated heterocycles. The predicted molar refractivity (Wildman–Crippen MR) is 191 cm³/mol. The van der Waals surface area contributed by atoms with Gasteiger partial charge in [0, 0.05) is 53.6 Å². The van der Waals surface area contributed by atoms with E-state index in [4.69, 9.17) is 17.6 Å². The predicted octanol–water partition coefficient (Wildman–Crippen LogP) is 7.25. The van der Waals surface area contributed by atoms with E-state index in [0.29, 0.717) is 42.1 Å². The van der Waals surface area contributed by atoms with Gasteiger partial charge in [0.2, 0.25) is 0 Å². The van der Waals surface area contributed by atoms with Gasteiger partial charge in [-0.15, -0.1) is 12.8 Å². The number of nitrogens with zero attached hydrogens (tertiary/aromatic N) is 2. The number of hydrogen-bond donors (Lipinski definition) is 1. The summed E-state index contributed by atoms with van der Waals surface area (Å²) in [6.45, 7) is 3.70. The number of hydrogen-bond acceptors (Lipinski definition) is 5. The lowest BCUT2D eigenvalue weighted by atomic mass is 9.96. The molecule has 240 valence electrons. The van der Waals surface area contributed by atoms with E-state index in [1.54, 1.807) is 72.8 Å². The highest BCUT2D eigenvalue weighted by atomic mass is 16.5. The molecule has 0 aliphatic carbocycles. The summed E-state index contributed by atoms with van der Waals surface area (Å²) in [6, 6.07) is 33.9. The van der Waals surface area contributed by atoms with Gasteiger partial charge in [0.15, 0.2) is 0 Å². The Morgan fingerprint density at radius 2 is 1.22 bits per heavy atom. The van der Waals surface area contributed by atoms with Crippen LogP contribution in [0, 0.1) is 24.7 Å². The molecule has 1 aliphatic heterocycles. The minimum atomic E-state index is -1.01. The molecule has 49 heavy (non-hydrogen) atoms. The molecule has 1 aliphatic rings. The summed E-state index contributed by atoms with van der Waals surface area (Å²) in [5.74, 6) is 3.99.